The van der Waals surface area contributed by atoms with Crippen molar-refractivity contribution in [2.45, 2.75) is 32.0 Å². The third kappa shape index (κ3) is 3.60. The van der Waals surface area contributed by atoms with Crippen molar-refractivity contribution in [2.75, 3.05) is 39.4 Å². The standard InChI is InChI=1S/C24H29N5O2/c30-24-18(14-27-7-9-31-10-8-27)5-6-23-19-11-17(13-29(23)24)12-28(15-19)16-22-20-3-1-2-4-21(20)25-26-22/h1-6,17,19H,7-16H2,(H,25,26)/t17-,19+/m0/s1. The molecule has 0 saturated carbocycles. The lowest BCUT2D eigenvalue weighted by Crippen LogP contribution is -2.47. The molecule has 6 rings (SSSR count). The van der Waals surface area contributed by atoms with E-state index in [1.165, 1.54) is 23.2 Å². The average Bonchev–Trinajstić information content (AvgIpc) is 3.20. The number of para-hydroxylation sites is 1. The van der Waals surface area contributed by atoms with E-state index in [-0.39, 0.29) is 5.56 Å². The number of aromatic amines is 1. The Labute approximate surface area is 181 Å². The first kappa shape index (κ1) is 19.2. The number of nitrogens with zero attached hydrogens (tertiary/aromatic N) is 4. The van der Waals surface area contributed by atoms with Gasteiger partial charge in [0.15, 0.2) is 0 Å². The molecule has 0 spiro atoms. The number of hydrogen-bond donors (Lipinski definition) is 1. The fourth-order valence-electron chi connectivity index (χ4n) is 5.70. The Morgan fingerprint density at radius 2 is 1.87 bits per heavy atom. The topological polar surface area (TPSA) is 66.4 Å². The lowest BCUT2D eigenvalue weighted by atomic mass is 9.83. The zero-order valence-corrected chi connectivity index (χ0v) is 17.8. The molecule has 0 unspecified atom stereocenters. The van der Waals surface area contributed by atoms with Gasteiger partial charge in [0.25, 0.3) is 5.56 Å². The van der Waals surface area contributed by atoms with Crippen molar-refractivity contribution < 1.29 is 4.74 Å². The van der Waals surface area contributed by atoms with Gasteiger partial charge in [0, 0.05) is 68.4 Å². The number of rotatable bonds is 4. The van der Waals surface area contributed by atoms with E-state index in [0.29, 0.717) is 11.8 Å². The lowest BCUT2D eigenvalue weighted by Gasteiger charge is -2.43. The molecule has 0 aliphatic carbocycles. The molecule has 2 atom stereocenters. The van der Waals surface area contributed by atoms with Gasteiger partial charge >= 0.3 is 0 Å². The van der Waals surface area contributed by atoms with E-state index >= 15 is 0 Å². The molecule has 2 saturated heterocycles. The zero-order valence-electron chi connectivity index (χ0n) is 17.8. The molecule has 31 heavy (non-hydrogen) atoms. The molecule has 2 aromatic heterocycles. The van der Waals surface area contributed by atoms with Gasteiger partial charge in [-0.05, 0) is 24.5 Å². The van der Waals surface area contributed by atoms with Crippen LogP contribution in [0.1, 0.15) is 29.3 Å². The Hall–Kier alpha value is -2.48. The number of hydrogen-bond acceptors (Lipinski definition) is 5. The number of H-pyrrole nitrogens is 1. The largest absolute Gasteiger partial charge is 0.379 e. The van der Waals surface area contributed by atoms with Crippen molar-refractivity contribution in [3.8, 4) is 0 Å². The lowest BCUT2D eigenvalue weighted by molar-refractivity contribution is 0.0338. The van der Waals surface area contributed by atoms with Gasteiger partial charge in [-0.25, -0.2) is 0 Å². The van der Waals surface area contributed by atoms with E-state index < -0.39 is 0 Å². The van der Waals surface area contributed by atoms with Gasteiger partial charge in [0.1, 0.15) is 0 Å². The fraction of sp³-hybridized carbons (Fsp3) is 0.500. The van der Waals surface area contributed by atoms with Gasteiger partial charge in [0.2, 0.25) is 0 Å². The minimum atomic E-state index is 0.215. The molecule has 3 aliphatic heterocycles. The van der Waals surface area contributed by atoms with Gasteiger partial charge in [-0.3, -0.25) is 19.7 Å². The summed E-state index contributed by atoms with van der Waals surface area (Å²) in [6.07, 6.45) is 1.18. The maximum Gasteiger partial charge on any atom is 0.255 e. The second-order valence-electron chi connectivity index (χ2n) is 9.30. The number of nitrogens with one attached hydrogen (secondary N) is 1. The van der Waals surface area contributed by atoms with Crippen LogP contribution in [0.15, 0.2) is 41.2 Å². The third-order valence-corrected chi connectivity index (χ3v) is 7.18. The highest BCUT2D eigenvalue weighted by atomic mass is 16.5. The highest BCUT2D eigenvalue weighted by Crippen LogP contribution is 2.36. The first-order chi connectivity index (χ1) is 15.2. The van der Waals surface area contributed by atoms with Crippen molar-refractivity contribution in [2.24, 2.45) is 5.92 Å². The van der Waals surface area contributed by atoms with Crippen LogP contribution in [0.3, 0.4) is 0 Å². The second-order valence-corrected chi connectivity index (χ2v) is 9.30. The van der Waals surface area contributed by atoms with E-state index in [4.69, 9.17) is 4.74 Å². The molecule has 3 aliphatic rings. The number of ether oxygens (including phenoxy) is 1. The van der Waals surface area contributed by atoms with E-state index in [1.54, 1.807) is 0 Å². The number of fused-ring (bicyclic) bond motifs is 5. The Morgan fingerprint density at radius 1 is 1.00 bits per heavy atom. The third-order valence-electron chi connectivity index (χ3n) is 7.18. The van der Waals surface area contributed by atoms with E-state index in [1.807, 2.05) is 6.07 Å². The van der Waals surface area contributed by atoms with E-state index in [0.717, 1.165) is 70.1 Å². The molecule has 3 aromatic rings. The SMILES string of the molecule is O=c1c(CN2CCOCC2)ccc2n1C[C@H]1C[C@@H]2CN(Cc2[nH]nc3ccccc23)C1. The zero-order chi connectivity index (χ0) is 20.8. The summed E-state index contributed by atoms with van der Waals surface area (Å²) in [5.74, 6) is 0.948. The summed E-state index contributed by atoms with van der Waals surface area (Å²) in [6, 6.07) is 12.6. The molecule has 162 valence electrons. The molecule has 2 fully saturated rings. The molecular weight excluding hydrogens is 390 g/mol. The van der Waals surface area contributed by atoms with Crippen LogP contribution in [0.2, 0.25) is 0 Å². The van der Waals surface area contributed by atoms with Gasteiger partial charge in [0.05, 0.1) is 24.4 Å². The average molecular weight is 420 g/mol. The van der Waals surface area contributed by atoms with Gasteiger partial charge < -0.3 is 9.30 Å². The van der Waals surface area contributed by atoms with Crippen LogP contribution in [0.25, 0.3) is 10.9 Å². The molecule has 1 aromatic carbocycles. The highest BCUT2D eigenvalue weighted by molar-refractivity contribution is 5.81. The molecule has 5 heterocycles. The second kappa shape index (κ2) is 7.89. The van der Waals surface area contributed by atoms with Crippen molar-refractivity contribution >= 4 is 10.9 Å². The van der Waals surface area contributed by atoms with Crippen molar-refractivity contribution in [3.05, 3.63) is 63.7 Å². The minimum Gasteiger partial charge on any atom is -0.379 e. The Kier molecular flexibility index (Phi) is 4.89. The summed E-state index contributed by atoms with van der Waals surface area (Å²) in [6.45, 7) is 7.81. The van der Waals surface area contributed by atoms with E-state index in [2.05, 4.69) is 54.9 Å². The number of aromatic nitrogens is 3. The van der Waals surface area contributed by atoms with Crippen LogP contribution >= 0.6 is 0 Å². The molecule has 7 heteroatoms. The number of pyridine rings is 1. The van der Waals surface area contributed by atoms with Crippen molar-refractivity contribution in [3.63, 3.8) is 0 Å². The molecular formula is C24H29N5O2. The normalized spacial score (nSPS) is 24.4. The van der Waals surface area contributed by atoms with Crippen LogP contribution in [0.5, 0.6) is 0 Å². The maximum absolute atomic E-state index is 13.3. The summed E-state index contributed by atoms with van der Waals surface area (Å²) in [7, 11) is 0. The molecule has 0 radical (unpaired) electrons. The number of likely N-dealkylation sites (tertiary alicyclic amines) is 1. The Morgan fingerprint density at radius 3 is 2.77 bits per heavy atom. The van der Waals surface area contributed by atoms with Crippen LogP contribution in [0, 0.1) is 5.92 Å². The smallest absolute Gasteiger partial charge is 0.255 e. The molecule has 7 nitrogen and oxygen atoms in total. The molecule has 2 bridgehead atoms. The van der Waals surface area contributed by atoms with Crippen molar-refractivity contribution in [1.82, 2.24) is 24.6 Å². The molecule has 1 N–H and O–H groups in total. The monoisotopic (exact) mass is 419 g/mol. The Bertz CT molecular complexity index is 1150. The summed E-state index contributed by atoms with van der Waals surface area (Å²) in [4.78, 5) is 18.1. The predicted octanol–water partition coefficient (Wildman–Crippen LogP) is 2.18. The number of piperidine rings is 1. The summed E-state index contributed by atoms with van der Waals surface area (Å²) < 4.78 is 7.52. The summed E-state index contributed by atoms with van der Waals surface area (Å²) in [5.41, 5.74) is 4.57. The maximum atomic E-state index is 13.3. The molecule has 0 amide bonds. The summed E-state index contributed by atoms with van der Waals surface area (Å²) >= 11 is 0. The quantitative estimate of drug-likeness (QED) is 0.702. The van der Waals surface area contributed by atoms with Gasteiger partial charge in [-0.1, -0.05) is 24.3 Å². The predicted molar refractivity (Wildman–Crippen MR) is 119 cm³/mol. The van der Waals surface area contributed by atoms with Gasteiger partial charge in [-0.15, -0.1) is 0 Å². The minimum absolute atomic E-state index is 0.215. The number of benzene rings is 1. The van der Waals surface area contributed by atoms with Crippen LogP contribution in [0.4, 0.5) is 0 Å². The van der Waals surface area contributed by atoms with Gasteiger partial charge in [-0.2, -0.15) is 5.10 Å². The van der Waals surface area contributed by atoms with Crippen LogP contribution < -0.4 is 5.56 Å². The summed E-state index contributed by atoms with van der Waals surface area (Å²) in [5, 5.41) is 8.90. The first-order valence-corrected chi connectivity index (χ1v) is 11.4. The number of morpholine rings is 1. The van der Waals surface area contributed by atoms with Crippen LogP contribution in [-0.4, -0.2) is 64.0 Å². The first-order valence-electron chi connectivity index (χ1n) is 11.4. The Balaban J connectivity index is 1.22. The highest BCUT2D eigenvalue weighted by Gasteiger charge is 2.35. The van der Waals surface area contributed by atoms with E-state index in [9.17, 15) is 4.79 Å². The van der Waals surface area contributed by atoms with Crippen LogP contribution in [-0.2, 0) is 24.4 Å². The van der Waals surface area contributed by atoms with Crippen molar-refractivity contribution in [1.29, 1.82) is 0 Å². The fourth-order valence-corrected chi connectivity index (χ4v) is 5.70.